The number of aromatic carboxylic acids is 1. The predicted molar refractivity (Wildman–Crippen MR) is 73.0 cm³/mol. The summed E-state index contributed by atoms with van der Waals surface area (Å²) < 4.78 is 0. The van der Waals surface area contributed by atoms with Crippen LogP contribution in [0.3, 0.4) is 0 Å². The monoisotopic (exact) mass is 266 g/mol. The molecule has 0 atom stereocenters. The molecule has 1 aliphatic heterocycles. The Bertz CT molecular complexity index is 400. The van der Waals surface area contributed by atoms with Crippen molar-refractivity contribution in [1.29, 1.82) is 0 Å². The van der Waals surface area contributed by atoms with Gasteiger partial charge in [-0.2, -0.15) is 11.8 Å². The first-order valence-corrected chi connectivity index (χ1v) is 7.41. The van der Waals surface area contributed by atoms with Gasteiger partial charge >= 0.3 is 5.97 Å². The number of carboxylic acid groups (broad SMARTS) is 1. The highest BCUT2D eigenvalue weighted by molar-refractivity contribution is 7.99. The van der Waals surface area contributed by atoms with Gasteiger partial charge in [0.05, 0.1) is 11.3 Å². The van der Waals surface area contributed by atoms with Gasteiger partial charge in [0.15, 0.2) is 0 Å². The van der Waals surface area contributed by atoms with Crippen molar-refractivity contribution in [2.75, 3.05) is 19.3 Å². The van der Waals surface area contributed by atoms with Gasteiger partial charge in [0, 0.05) is 18.0 Å². The molecule has 1 aliphatic rings. The van der Waals surface area contributed by atoms with Gasteiger partial charge in [-0.15, -0.1) is 0 Å². The molecule has 4 nitrogen and oxygen atoms in total. The molecule has 18 heavy (non-hydrogen) atoms. The van der Waals surface area contributed by atoms with Crippen molar-refractivity contribution in [2.24, 2.45) is 0 Å². The predicted octanol–water partition coefficient (Wildman–Crippen LogP) is 2.11. The lowest BCUT2D eigenvalue weighted by Crippen LogP contribution is -2.34. The van der Waals surface area contributed by atoms with Crippen LogP contribution in [0.25, 0.3) is 0 Å². The molecule has 0 spiro atoms. The summed E-state index contributed by atoms with van der Waals surface area (Å²) in [6, 6.07) is 3.43. The molecule has 1 fully saturated rings. The van der Waals surface area contributed by atoms with Crippen LogP contribution in [0.15, 0.2) is 18.3 Å². The third kappa shape index (κ3) is 3.46. The topological polar surface area (TPSA) is 53.4 Å². The van der Waals surface area contributed by atoms with Crippen molar-refractivity contribution in [3.63, 3.8) is 0 Å². The van der Waals surface area contributed by atoms with Gasteiger partial charge in [-0.3, -0.25) is 9.88 Å². The van der Waals surface area contributed by atoms with Gasteiger partial charge in [-0.1, -0.05) is 0 Å². The van der Waals surface area contributed by atoms with Crippen molar-refractivity contribution in [1.82, 2.24) is 9.88 Å². The molecular formula is C13H18N2O2S. The molecule has 2 heterocycles. The molecule has 0 aliphatic carbocycles. The van der Waals surface area contributed by atoms with Gasteiger partial charge < -0.3 is 5.11 Å². The number of piperidine rings is 1. The number of likely N-dealkylation sites (tertiary alicyclic amines) is 1. The van der Waals surface area contributed by atoms with E-state index in [4.69, 9.17) is 5.11 Å². The Labute approximate surface area is 111 Å². The summed E-state index contributed by atoms with van der Waals surface area (Å²) in [4.78, 5) is 17.3. The molecule has 0 unspecified atom stereocenters. The molecule has 0 aromatic carbocycles. The van der Waals surface area contributed by atoms with E-state index in [1.165, 1.54) is 19.0 Å². The van der Waals surface area contributed by atoms with Crippen LogP contribution in [0.1, 0.15) is 28.9 Å². The van der Waals surface area contributed by atoms with Crippen molar-refractivity contribution in [3.8, 4) is 0 Å². The second-order valence-corrected chi connectivity index (χ2v) is 5.69. The van der Waals surface area contributed by atoms with E-state index in [2.05, 4.69) is 16.1 Å². The van der Waals surface area contributed by atoms with E-state index in [0.29, 0.717) is 0 Å². The second-order valence-electron chi connectivity index (χ2n) is 4.55. The Morgan fingerprint density at radius 1 is 1.50 bits per heavy atom. The van der Waals surface area contributed by atoms with E-state index in [9.17, 15) is 4.79 Å². The van der Waals surface area contributed by atoms with Gasteiger partial charge in [0.1, 0.15) is 0 Å². The fraction of sp³-hybridized carbons (Fsp3) is 0.538. The molecule has 5 heteroatoms. The number of carboxylic acids is 1. The highest BCUT2D eigenvalue weighted by Crippen LogP contribution is 2.21. The van der Waals surface area contributed by atoms with Crippen molar-refractivity contribution < 1.29 is 9.90 Å². The van der Waals surface area contributed by atoms with Crippen molar-refractivity contribution in [3.05, 3.63) is 29.6 Å². The fourth-order valence-electron chi connectivity index (χ4n) is 2.18. The van der Waals surface area contributed by atoms with Gasteiger partial charge in [-0.25, -0.2) is 4.79 Å². The van der Waals surface area contributed by atoms with Gasteiger partial charge in [0.25, 0.3) is 0 Å². The minimum absolute atomic E-state index is 0.250. The molecule has 2 rings (SSSR count). The number of nitrogens with zero attached hydrogens (tertiary/aromatic N) is 2. The lowest BCUT2D eigenvalue weighted by molar-refractivity contribution is 0.0696. The molecule has 1 aromatic rings. The molecule has 1 N–H and O–H groups in total. The maximum Gasteiger partial charge on any atom is 0.337 e. The lowest BCUT2D eigenvalue weighted by atomic mass is 10.1. The SMILES string of the molecule is CSC1CCN(Cc2ccc(C(=O)O)cn2)CC1. The van der Waals surface area contributed by atoms with Crippen LogP contribution in [-0.4, -0.2) is 45.6 Å². The summed E-state index contributed by atoms with van der Waals surface area (Å²) in [5.41, 5.74) is 1.20. The van der Waals surface area contributed by atoms with E-state index in [1.807, 2.05) is 17.8 Å². The van der Waals surface area contributed by atoms with Gasteiger partial charge in [0.2, 0.25) is 0 Å². The largest absolute Gasteiger partial charge is 0.478 e. The summed E-state index contributed by atoms with van der Waals surface area (Å²) >= 11 is 1.95. The second kappa shape index (κ2) is 6.20. The number of rotatable bonds is 4. The number of hydrogen-bond acceptors (Lipinski definition) is 4. The summed E-state index contributed by atoms with van der Waals surface area (Å²) in [7, 11) is 0. The first-order chi connectivity index (χ1) is 8.69. The van der Waals surface area contributed by atoms with Gasteiger partial charge in [-0.05, 0) is 44.3 Å². The van der Waals surface area contributed by atoms with Crippen molar-refractivity contribution >= 4 is 17.7 Å². The number of carbonyl (C=O) groups is 1. The third-order valence-electron chi connectivity index (χ3n) is 3.33. The molecular weight excluding hydrogens is 248 g/mol. The summed E-state index contributed by atoms with van der Waals surface area (Å²) in [6.07, 6.45) is 6.07. The van der Waals surface area contributed by atoms with Crippen LogP contribution in [0.4, 0.5) is 0 Å². The molecule has 1 saturated heterocycles. The summed E-state index contributed by atoms with van der Waals surface area (Å²) in [5, 5.41) is 9.60. The Hall–Kier alpha value is -1.07. The van der Waals surface area contributed by atoms with E-state index < -0.39 is 5.97 Å². The van der Waals surface area contributed by atoms with Crippen LogP contribution in [0, 0.1) is 0 Å². The maximum absolute atomic E-state index is 10.7. The fourth-order valence-corrected chi connectivity index (χ4v) is 2.86. The zero-order valence-corrected chi connectivity index (χ0v) is 11.3. The van der Waals surface area contributed by atoms with Crippen LogP contribution in [0.5, 0.6) is 0 Å². The highest BCUT2D eigenvalue weighted by atomic mass is 32.2. The third-order valence-corrected chi connectivity index (χ3v) is 4.46. The Balaban J connectivity index is 1.88. The minimum Gasteiger partial charge on any atom is -0.478 e. The van der Waals surface area contributed by atoms with Crippen LogP contribution < -0.4 is 0 Å². The van der Waals surface area contributed by atoms with E-state index >= 15 is 0 Å². The Morgan fingerprint density at radius 2 is 2.22 bits per heavy atom. The van der Waals surface area contributed by atoms with E-state index in [-0.39, 0.29) is 5.56 Å². The molecule has 0 amide bonds. The number of pyridine rings is 1. The first-order valence-electron chi connectivity index (χ1n) is 6.12. The highest BCUT2D eigenvalue weighted by Gasteiger charge is 2.18. The summed E-state index contributed by atoms with van der Waals surface area (Å²) in [5.74, 6) is -0.921. The van der Waals surface area contributed by atoms with Crippen LogP contribution in [0.2, 0.25) is 0 Å². The molecule has 0 radical (unpaired) electrons. The van der Waals surface area contributed by atoms with E-state index in [0.717, 1.165) is 30.6 Å². The molecule has 1 aromatic heterocycles. The number of aromatic nitrogens is 1. The van der Waals surface area contributed by atoms with Crippen LogP contribution >= 0.6 is 11.8 Å². The standard InChI is InChI=1S/C13H18N2O2S/c1-18-12-4-6-15(7-5-12)9-11-3-2-10(8-14-11)13(16)17/h2-3,8,12H,4-7,9H2,1H3,(H,16,17). The molecule has 98 valence electrons. The quantitative estimate of drug-likeness (QED) is 0.904. The summed E-state index contributed by atoms with van der Waals surface area (Å²) in [6.45, 7) is 3.03. The Kier molecular flexibility index (Phi) is 4.60. The zero-order chi connectivity index (χ0) is 13.0. The van der Waals surface area contributed by atoms with Crippen LogP contribution in [-0.2, 0) is 6.54 Å². The smallest absolute Gasteiger partial charge is 0.337 e. The van der Waals surface area contributed by atoms with Crippen molar-refractivity contribution in [2.45, 2.75) is 24.6 Å². The average molecular weight is 266 g/mol. The number of thioether (sulfide) groups is 1. The Morgan fingerprint density at radius 3 is 2.72 bits per heavy atom. The average Bonchev–Trinajstić information content (AvgIpc) is 2.40. The number of hydrogen-bond donors (Lipinski definition) is 1. The maximum atomic E-state index is 10.7. The minimum atomic E-state index is -0.921. The zero-order valence-electron chi connectivity index (χ0n) is 10.5. The first kappa shape index (κ1) is 13.4. The van der Waals surface area contributed by atoms with E-state index in [1.54, 1.807) is 6.07 Å². The normalized spacial score (nSPS) is 17.8. The lowest BCUT2D eigenvalue weighted by Gasteiger charge is -2.30. The molecule has 0 saturated carbocycles. The molecule has 0 bridgehead atoms.